The van der Waals surface area contributed by atoms with Gasteiger partial charge in [0, 0.05) is 18.5 Å². The van der Waals surface area contributed by atoms with Crippen LogP contribution in [0.3, 0.4) is 0 Å². The molecule has 1 spiro atoms. The minimum absolute atomic E-state index is 0.230. The second kappa shape index (κ2) is 6.79. The van der Waals surface area contributed by atoms with Crippen LogP contribution in [0.1, 0.15) is 39.3 Å². The maximum Gasteiger partial charge on any atom is 0.0840 e. The van der Waals surface area contributed by atoms with Crippen molar-refractivity contribution >= 4 is 29.4 Å². The first-order valence-corrected chi connectivity index (χ1v) is 13.3. The van der Waals surface area contributed by atoms with Crippen molar-refractivity contribution in [3.05, 3.63) is 154 Å². The maximum atomic E-state index is 7.64. The monoisotopic (exact) mass is 446 g/mol. The van der Waals surface area contributed by atoms with Crippen LogP contribution in [0, 0.1) is 0 Å². The average Bonchev–Trinajstić information content (AvgIpc) is 3.19. The highest BCUT2D eigenvalue weighted by molar-refractivity contribution is 7.93. The Morgan fingerprint density at radius 2 is 1.09 bits per heavy atom. The molecule has 2 heteroatoms. The third kappa shape index (κ3) is 2.22. The fourth-order valence-corrected chi connectivity index (χ4v) is 9.50. The predicted octanol–water partition coefficient (Wildman–Crippen LogP) is 8.53. The number of rotatable bonds is 2. The smallest absolute Gasteiger partial charge is 0.0840 e. The summed E-state index contributed by atoms with van der Waals surface area (Å²) in [5.41, 5.74) is 10.9. The predicted molar refractivity (Wildman–Crippen MR) is 136 cm³/mol. The number of hydrogen-bond donors (Lipinski definition) is 0. The zero-order valence-electron chi connectivity index (χ0n) is 17.4. The van der Waals surface area contributed by atoms with Gasteiger partial charge in [0.15, 0.2) is 0 Å². The van der Waals surface area contributed by atoms with Crippen molar-refractivity contribution in [2.75, 3.05) is 0 Å². The molecule has 0 saturated carbocycles. The fourth-order valence-electron chi connectivity index (χ4n) is 6.04. The largest absolute Gasteiger partial charge is 0.0895 e. The minimum atomic E-state index is -1.02. The zero-order chi connectivity index (χ0) is 21.3. The van der Waals surface area contributed by atoms with Crippen LogP contribution in [0.5, 0.6) is 0 Å². The summed E-state index contributed by atoms with van der Waals surface area (Å²) in [5, 5.41) is 0.965. The molecule has 4 aromatic rings. The number of benzene rings is 4. The van der Waals surface area contributed by atoms with Gasteiger partial charge in [-0.05, 0) is 50.6 Å². The second-order valence-electron chi connectivity index (χ2n) is 8.69. The number of halogens is 1. The van der Waals surface area contributed by atoms with E-state index in [1.165, 1.54) is 49.8 Å². The normalized spacial score (nSPS) is 24.6. The van der Waals surface area contributed by atoms with Gasteiger partial charge in [-0.3, -0.25) is 0 Å². The third-order valence-electron chi connectivity index (χ3n) is 7.23. The molecule has 1 aliphatic heterocycles. The van der Waals surface area contributed by atoms with Gasteiger partial charge in [0.05, 0.1) is 5.16 Å². The SMILES string of the molecule is ClP1C(c2ccccc2)=CC2=C(c3ccccc3)C3c4ccccc4C21c1ccccc13. The highest BCUT2D eigenvalue weighted by Crippen LogP contribution is 2.82. The standard InChI is InChI=1S/C30H20ClP/c31-32-27(20-11-3-1-4-12-20)19-26-28(21-13-5-2-6-14-21)29-22-15-7-9-17-24(22)30(26,32)25-18-10-8-16-23(25)29/h1-19,29H. The van der Waals surface area contributed by atoms with Crippen molar-refractivity contribution < 1.29 is 0 Å². The molecule has 0 saturated heterocycles. The summed E-state index contributed by atoms with van der Waals surface area (Å²) >= 11 is 7.64. The van der Waals surface area contributed by atoms with E-state index >= 15 is 0 Å². The molecule has 32 heavy (non-hydrogen) atoms. The summed E-state index contributed by atoms with van der Waals surface area (Å²) in [7, 11) is -1.02. The Hall–Kier alpha value is -2.92. The summed E-state index contributed by atoms with van der Waals surface area (Å²) in [6.45, 7) is 0. The van der Waals surface area contributed by atoms with E-state index in [1.807, 2.05) is 0 Å². The van der Waals surface area contributed by atoms with Crippen molar-refractivity contribution in [1.82, 2.24) is 0 Å². The highest BCUT2D eigenvalue weighted by atomic mass is 35.7. The first-order chi connectivity index (χ1) is 15.8. The third-order valence-corrected chi connectivity index (χ3v) is 10.7. The van der Waals surface area contributed by atoms with Gasteiger partial charge in [0.2, 0.25) is 0 Å². The summed E-state index contributed by atoms with van der Waals surface area (Å²) in [5.74, 6) is 0.230. The molecule has 1 unspecified atom stereocenters. The molecule has 1 atom stereocenters. The molecular weight excluding hydrogens is 427 g/mol. The van der Waals surface area contributed by atoms with Crippen LogP contribution in [0.4, 0.5) is 0 Å². The van der Waals surface area contributed by atoms with Gasteiger partial charge in [-0.15, -0.1) is 0 Å². The lowest BCUT2D eigenvalue weighted by atomic mass is 9.59. The quantitative estimate of drug-likeness (QED) is 0.270. The molecule has 2 bridgehead atoms. The molecular formula is C30H20ClP. The van der Waals surface area contributed by atoms with Gasteiger partial charge in [0.1, 0.15) is 0 Å². The van der Waals surface area contributed by atoms with Gasteiger partial charge in [-0.25, -0.2) is 0 Å². The lowest BCUT2D eigenvalue weighted by Crippen LogP contribution is -2.38. The van der Waals surface area contributed by atoms with Crippen LogP contribution in [-0.4, -0.2) is 0 Å². The Morgan fingerprint density at radius 1 is 0.594 bits per heavy atom. The number of hydrogen-bond acceptors (Lipinski definition) is 0. The van der Waals surface area contributed by atoms with Crippen molar-refractivity contribution in [2.45, 2.75) is 11.1 Å². The van der Waals surface area contributed by atoms with Crippen LogP contribution >= 0.6 is 18.5 Å². The van der Waals surface area contributed by atoms with E-state index < -0.39 is 7.27 Å². The Labute approximate surface area is 194 Å². The van der Waals surface area contributed by atoms with E-state index in [-0.39, 0.29) is 11.1 Å². The van der Waals surface area contributed by atoms with Crippen molar-refractivity contribution in [3.63, 3.8) is 0 Å². The second-order valence-corrected chi connectivity index (χ2v) is 11.4. The first-order valence-electron chi connectivity index (χ1n) is 11.0. The summed E-state index contributed by atoms with van der Waals surface area (Å²) in [6.07, 6.45) is 2.43. The lowest BCUT2D eigenvalue weighted by molar-refractivity contribution is 0.755. The molecule has 1 heterocycles. The topological polar surface area (TPSA) is 0 Å². The molecule has 8 rings (SSSR count). The average molecular weight is 447 g/mol. The van der Waals surface area contributed by atoms with E-state index in [9.17, 15) is 0 Å². The van der Waals surface area contributed by atoms with E-state index in [4.69, 9.17) is 11.2 Å². The number of allylic oxidation sites excluding steroid dienone is 3. The molecule has 152 valence electrons. The van der Waals surface area contributed by atoms with Crippen molar-refractivity contribution in [2.24, 2.45) is 0 Å². The van der Waals surface area contributed by atoms with Crippen LogP contribution in [0.15, 0.2) is 121 Å². The Kier molecular flexibility index (Phi) is 3.95. The molecule has 0 amide bonds. The Morgan fingerprint density at radius 3 is 1.69 bits per heavy atom. The minimum Gasteiger partial charge on any atom is -0.0895 e. The van der Waals surface area contributed by atoms with E-state index in [1.54, 1.807) is 0 Å². The molecule has 0 aromatic heterocycles. The van der Waals surface area contributed by atoms with Crippen LogP contribution in [-0.2, 0) is 5.16 Å². The van der Waals surface area contributed by atoms with Gasteiger partial charge in [-0.1, -0.05) is 120 Å². The van der Waals surface area contributed by atoms with Gasteiger partial charge in [-0.2, -0.15) is 0 Å². The van der Waals surface area contributed by atoms with Crippen molar-refractivity contribution in [3.8, 4) is 0 Å². The van der Waals surface area contributed by atoms with Gasteiger partial charge >= 0.3 is 0 Å². The van der Waals surface area contributed by atoms with Crippen LogP contribution in [0.25, 0.3) is 10.9 Å². The van der Waals surface area contributed by atoms with Crippen molar-refractivity contribution in [1.29, 1.82) is 0 Å². The fraction of sp³-hybridized carbons (Fsp3) is 0.0667. The lowest BCUT2D eigenvalue weighted by Gasteiger charge is -2.50. The first kappa shape index (κ1) is 18.6. The molecule has 0 N–H and O–H groups in total. The van der Waals surface area contributed by atoms with E-state index in [0.29, 0.717) is 0 Å². The molecule has 4 aromatic carbocycles. The molecule has 3 aliphatic carbocycles. The van der Waals surface area contributed by atoms with Crippen LogP contribution in [0.2, 0.25) is 0 Å². The molecule has 4 aliphatic rings. The molecule has 0 nitrogen and oxygen atoms in total. The Bertz CT molecular complexity index is 1380. The Balaban J connectivity index is 1.64. The summed E-state index contributed by atoms with van der Waals surface area (Å²) in [4.78, 5) is 0. The zero-order valence-corrected chi connectivity index (χ0v) is 19.0. The summed E-state index contributed by atoms with van der Waals surface area (Å²) in [6, 6.07) is 39.6. The van der Waals surface area contributed by atoms with Gasteiger partial charge in [0.25, 0.3) is 0 Å². The molecule has 0 radical (unpaired) electrons. The highest BCUT2D eigenvalue weighted by Gasteiger charge is 2.59. The van der Waals surface area contributed by atoms with Crippen LogP contribution < -0.4 is 0 Å². The maximum absolute atomic E-state index is 7.64. The molecule has 0 fully saturated rings. The summed E-state index contributed by atoms with van der Waals surface area (Å²) < 4.78 is 0. The van der Waals surface area contributed by atoms with Gasteiger partial charge < -0.3 is 0 Å². The van der Waals surface area contributed by atoms with E-state index in [2.05, 4.69) is 115 Å². The van der Waals surface area contributed by atoms with E-state index in [0.717, 1.165) is 0 Å².